The van der Waals surface area contributed by atoms with E-state index in [4.69, 9.17) is 4.74 Å². The molecular weight excluding hydrogens is 326 g/mol. The van der Waals surface area contributed by atoms with Crippen LogP contribution in [0.1, 0.15) is 53.2 Å². The molecule has 0 radical (unpaired) electrons. The quantitative estimate of drug-likeness (QED) is 0.924. The van der Waals surface area contributed by atoms with E-state index in [9.17, 15) is 4.79 Å². The Morgan fingerprint density at radius 1 is 1.19 bits per heavy atom. The molecule has 0 aliphatic carbocycles. The van der Waals surface area contributed by atoms with Gasteiger partial charge < -0.3 is 9.64 Å². The molecule has 3 atom stereocenters. The molecule has 2 bridgehead atoms. The molecule has 4 heterocycles. The molecule has 2 saturated heterocycles. The number of benzene rings is 1. The van der Waals surface area contributed by atoms with Crippen molar-refractivity contribution in [1.29, 1.82) is 0 Å². The van der Waals surface area contributed by atoms with Crippen molar-refractivity contribution in [1.82, 2.24) is 15.1 Å². The van der Waals surface area contributed by atoms with Crippen LogP contribution in [0.15, 0.2) is 42.6 Å². The second kappa shape index (κ2) is 6.40. The molecule has 0 spiro atoms. The molecule has 5 heteroatoms. The van der Waals surface area contributed by atoms with E-state index in [1.165, 1.54) is 11.1 Å². The Kier molecular flexibility index (Phi) is 3.89. The highest BCUT2D eigenvalue weighted by molar-refractivity contribution is 5.96. The zero-order chi connectivity index (χ0) is 17.5. The largest absolute Gasteiger partial charge is 0.381 e. The monoisotopic (exact) mass is 349 g/mol. The van der Waals surface area contributed by atoms with E-state index in [1.807, 2.05) is 6.07 Å². The number of nitrogens with zero attached hydrogens (tertiary/aromatic N) is 2. The SMILES string of the molecule is O=C(c1cn[nH]c1C1CCOC1)N1C2C=C(c3ccccc3)CC1CC2. The fourth-order valence-corrected chi connectivity index (χ4v) is 4.69. The van der Waals surface area contributed by atoms with Gasteiger partial charge in [0.15, 0.2) is 0 Å². The van der Waals surface area contributed by atoms with Gasteiger partial charge in [-0.05, 0) is 36.8 Å². The first-order valence-electron chi connectivity index (χ1n) is 9.51. The van der Waals surface area contributed by atoms with Gasteiger partial charge in [0, 0.05) is 18.6 Å². The van der Waals surface area contributed by atoms with Gasteiger partial charge in [-0.25, -0.2) is 0 Å². The number of ether oxygens (including phenoxy) is 1. The average Bonchev–Trinajstić information content (AvgIpc) is 3.41. The number of nitrogens with one attached hydrogen (secondary N) is 1. The second-order valence-electron chi connectivity index (χ2n) is 7.53. The molecule has 1 N–H and O–H groups in total. The molecule has 2 fully saturated rings. The first-order valence-corrected chi connectivity index (χ1v) is 9.51. The number of fused-ring (bicyclic) bond motifs is 2. The van der Waals surface area contributed by atoms with Gasteiger partial charge in [-0.2, -0.15) is 5.10 Å². The molecule has 2 aromatic rings. The van der Waals surface area contributed by atoms with Crippen LogP contribution in [0, 0.1) is 0 Å². The zero-order valence-electron chi connectivity index (χ0n) is 14.7. The lowest BCUT2D eigenvalue weighted by molar-refractivity contribution is 0.0690. The molecule has 3 aliphatic heterocycles. The van der Waals surface area contributed by atoms with Crippen LogP contribution in [0.3, 0.4) is 0 Å². The minimum atomic E-state index is 0.122. The maximum Gasteiger partial charge on any atom is 0.258 e. The predicted molar refractivity (Wildman–Crippen MR) is 98.8 cm³/mol. The Morgan fingerprint density at radius 3 is 2.85 bits per heavy atom. The van der Waals surface area contributed by atoms with Crippen molar-refractivity contribution in [3.63, 3.8) is 0 Å². The number of aromatic nitrogens is 2. The van der Waals surface area contributed by atoms with Gasteiger partial charge in [-0.1, -0.05) is 36.4 Å². The minimum absolute atomic E-state index is 0.122. The predicted octanol–water partition coefficient (Wildman–Crippen LogP) is 3.37. The lowest BCUT2D eigenvalue weighted by atomic mass is 9.93. The third-order valence-corrected chi connectivity index (χ3v) is 6.01. The molecule has 1 aromatic heterocycles. The van der Waals surface area contributed by atoms with Crippen LogP contribution in [0.2, 0.25) is 0 Å². The molecule has 1 amide bonds. The summed E-state index contributed by atoms with van der Waals surface area (Å²) >= 11 is 0. The Balaban J connectivity index is 1.43. The normalized spacial score (nSPS) is 27.6. The van der Waals surface area contributed by atoms with Crippen molar-refractivity contribution in [3.8, 4) is 0 Å². The third-order valence-electron chi connectivity index (χ3n) is 6.01. The highest BCUT2D eigenvalue weighted by Crippen LogP contribution is 2.40. The van der Waals surface area contributed by atoms with Crippen LogP contribution in [0.25, 0.3) is 5.57 Å². The number of amides is 1. The highest BCUT2D eigenvalue weighted by Gasteiger charge is 2.41. The first-order chi connectivity index (χ1) is 12.8. The molecule has 5 nitrogen and oxygen atoms in total. The number of aromatic amines is 1. The number of hydrogen-bond acceptors (Lipinski definition) is 3. The van der Waals surface area contributed by atoms with Crippen LogP contribution < -0.4 is 0 Å². The number of carbonyl (C=O) groups is 1. The number of carbonyl (C=O) groups excluding carboxylic acids is 1. The van der Waals surface area contributed by atoms with Gasteiger partial charge in [-0.3, -0.25) is 9.89 Å². The summed E-state index contributed by atoms with van der Waals surface area (Å²) in [5.41, 5.74) is 4.33. The first kappa shape index (κ1) is 15.8. The Labute approximate surface area is 153 Å². The van der Waals surface area contributed by atoms with E-state index >= 15 is 0 Å². The molecule has 3 unspecified atom stereocenters. The van der Waals surface area contributed by atoms with Crippen molar-refractivity contribution in [3.05, 3.63) is 59.4 Å². The molecule has 0 saturated carbocycles. The number of H-pyrrole nitrogens is 1. The summed E-state index contributed by atoms with van der Waals surface area (Å²) in [6.45, 7) is 1.43. The standard InChI is InChI=1S/C21H23N3O2/c25-21(19-12-22-23-20(19)15-8-9-26-13-15)24-17-6-7-18(24)11-16(10-17)14-4-2-1-3-5-14/h1-5,10,12,15,17-18H,6-9,11,13H2,(H,22,23). The summed E-state index contributed by atoms with van der Waals surface area (Å²) in [4.78, 5) is 15.4. The number of rotatable bonds is 3. The zero-order valence-corrected chi connectivity index (χ0v) is 14.7. The highest BCUT2D eigenvalue weighted by atomic mass is 16.5. The van der Waals surface area contributed by atoms with Crippen molar-refractivity contribution in [2.45, 2.75) is 43.7 Å². The maximum absolute atomic E-state index is 13.3. The Hall–Kier alpha value is -2.40. The third kappa shape index (κ3) is 2.58. The van der Waals surface area contributed by atoms with E-state index < -0.39 is 0 Å². The molecule has 26 heavy (non-hydrogen) atoms. The van der Waals surface area contributed by atoms with Crippen LogP contribution in [0.5, 0.6) is 0 Å². The van der Waals surface area contributed by atoms with Gasteiger partial charge >= 0.3 is 0 Å². The second-order valence-corrected chi connectivity index (χ2v) is 7.53. The average molecular weight is 349 g/mol. The lowest BCUT2D eigenvalue weighted by Gasteiger charge is -2.34. The van der Waals surface area contributed by atoms with E-state index in [1.54, 1.807) is 6.20 Å². The van der Waals surface area contributed by atoms with Crippen LogP contribution >= 0.6 is 0 Å². The number of hydrogen-bond donors (Lipinski definition) is 1. The van der Waals surface area contributed by atoms with Crippen molar-refractivity contribution in [2.75, 3.05) is 13.2 Å². The van der Waals surface area contributed by atoms with Gasteiger partial charge in [0.1, 0.15) is 0 Å². The van der Waals surface area contributed by atoms with Crippen molar-refractivity contribution in [2.24, 2.45) is 0 Å². The van der Waals surface area contributed by atoms with Crippen LogP contribution in [0.4, 0.5) is 0 Å². The topological polar surface area (TPSA) is 58.2 Å². The van der Waals surface area contributed by atoms with Gasteiger partial charge in [0.05, 0.1) is 30.1 Å². The summed E-state index contributed by atoms with van der Waals surface area (Å²) in [5.74, 6) is 0.380. The van der Waals surface area contributed by atoms with Gasteiger partial charge in [0.25, 0.3) is 5.91 Å². The molecule has 134 valence electrons. The van der Waals surface area contributed by atoms with Crippen molar-refractivity contribution >= 4 is 11.5 Å². The Morgan fingerprint density at radius 2 is 2.08 bits per heavy atom. The molecule has 5 rings (SSSR count). The van der Waals surface area contributed by atoms with E-state index in [2.05, 4.69) is 45.4 Å². The smallest absolute Gasteiger partial charge is 0.258 e. The van der Waals surface area contributed by atoms with Crippen molar-refractivity contribution < 1.29 is 9.53 Å². The van der Waals surface area contributed by atoms with E-state index in [-0.39, 0.29) is 23.9 Å². The fraction of sp³-hybridized carbons (Fsp3) is 0.429. The summed E-state index contributed by atoms with van der Waals surface area (Å²) in [7, 11) is 0. The lowest BCUT2D eigenvalue weighted by Crippen LogP contribution is -2.43. The summed E-state index contributed by atoms with van der Waals surface area (Å²) in [6, 6.07) is 11.0. The summed E-state index contributed by atoms with van der Waals surface area (Å²) in [6.07, 6.45) is 8.01. The molecule has 1 aromatic carbocycles. The van der Waals surface area contributed by atoms with Crippen LogP contribution in [-0.2, 0) is 4.74 Å². The maximum atomic E-state index is 13.3. The van der Waals surface area contributed by atoms with Gasteiger partial charge in [0.2, 0.25) is 0 Å². The Bertz CT molecular complexity index is 836. The van der Waals surface area contributed by atoms with Crippen LogP contribution in [-0.4, -0.2) is 46.3 Å². The van der Waals surface area contributed by atoms with E-state index in [0.717, 1.165) is 43.5 Å². The van der Waals surface area contributed by atoms with E-state index in [0.29, 0.717) is 6.61 Å². The summed E-state index contributed by atoms with van der Waals surface area (Å²) in [5, 5.41) is 7.23. The molecule has 3 aliphatic rings. The molecular formula is C21H23N3O2. The fourth-order valence-electron chi connectivity index (χ4n) is 4.69. The minimum Gasteiger partial charge on any atom is -0.381 e. The summed E-state index contributed by atoms with van der Waals surface area (Å²) < 4.78 is 5.50. The van der Waals surface area contributed by atoms with Gasteiger partial charge in [-0.15, -0.1) is 0 Å².